The Kier molecular flexibility index (Phi) is 9.00. The SMILES string of the molecule is CCCCc1ccc(NC(=S)N2CCN(Cc3cc(OC)c(OC)c(OC)c3)CC2)cc1. The molecule has 3 rings (SSSR count). The van der Waals surface area contributed by atoms with Crippen LogP contribution >= 0.6 is 12.2 Å². The first-order chi connectivity index (χ1) is 15.6. The molecule has 174 valence electrons. The summed E-state index contributed by atoms with van der Waals surface area (Å²) in [7, 11) is 4.91. The molecule has 7 heteroatoms. The molecule has 1 aliphatic heterocycles. The first-order valence-corrected chi connectivity index (χ1v) is 11.6. The summed E-state index contributed by atoms with van der Waals surface area (Å²) in [4.78, 5) is 4.66. The summed E-state index contributed by atoms with van der Waals surface area (Å²) in [5, 5.41) is 4.18. The number of piperazine rings is 1. The lowest BCUT2D eigenvalue weighted by Crippen LogP contribution is -2.49. The number of rotatable bonds is 9. The maximum atomic E-state index is 5.67. The van der Waals surface area contributed by atoms with Gasteiger partial charge in [0.1, 0.15) is 0 Å². The quantitative estimate of drug-likeness (QED) is 0.554. The molecular formula is C25H35N3O3S. The normalized spacial score (nSPS) is 14.2. The summed E-state index contributed by atoms with van der Waals surface area (Å²) in [5.74, 6) is 2.00. The van der Waals surface area contributed by atoms with Gasteiger partial charge in [-0.1, -0.05) is 25.5 Å². The van der Waals surface area contributed by atoms with Gasteiger partial charge in [0, 0.05) is 38.4 Å². The summed E-state index contributed by atoms with van der Waals surface area (Å²) < 4.78 is 16.4. The fraction of sp³-hybridized carbons (Fsp3) is 0.480. The molecule has 1 saturated heterocycles. The molecule has 0 saturated carbocycles. The Hall–Kier alpha value is -2.51. The van der Waals surface area contributed by atoms with Gasteiger partial charge in [0.05, 0.1) is 21.3 Å². The molecule has 2 aromatic carbocycles. The van der Waals surface area contributed by atoms with Crippen molar-refractivity contribution >= 4 is 23.0 Å². The molecule has 0 radical (unpaired) electrons. The lowest BCUT2D eigenvalue weighted by atomic mass is 10.1. The predicted octanol–water partition coefficient (Wildman–Crippen LogP) is 4.57. The Bertz CT molecular complexity index is 855. The van der Waals surface area contributed by atoms with Gasteiger partial charge in [-0.15, -0.1) is 0 Å². The highest BCUT2D eigenvalue weighted by Crippen LogP contribution is 2.38. The third-order valence-corrected chi connectivity index (χ3v) is 6.17. The van der Waals surface area contributed by atoms with Crippen LogP contribution in [0.5, 0.6) is 17.2 Å². The van der Waals surface area contributed by atoms with Crippen molar-refractivity contribution in [2.45, 2.75) is 32.7 Å². The molecule has 0 unspecified atom stereocenters. The number of unbranched alkanes of at least 4 members (excludes halogenated alkanes) is 1. The number of benzene rings is 2. The number of aryl methyl sites for hydroxylation is 1. The van der Waals surface area contributed by atoms with Crippen molar-refractivity contribution in [2.75, 3.05) is 52.8 Å². The van der Waals surface area contributed by atoms with Gasteiger partial charge < -0.3 is 24.4 Å². The van der Waals surface area contributed by atoms with Crippen LogP contribution in [-0.4, -0.2) is 62.4 Å². The molecule has 0 aliphatic carbocycles. The van der Waals surface area contributed by atoms with E-state index >= 15 is 0 Å². The van der Waals surface area contributed by atoms with E-state index in [9.17, 15) is 0 Å². The third kappa shape index (κ3) is 6.26. The molecule has 1 heterocycles. The van der Waals surface area contributed by atoms with Crippen molar-refractivity contribution in [1.29, 1.82) is 0 Å². The number of thiocarbonyl (C=S) groups is 1. The first-order valence-electron chi connectivity index (χ1n) is 11.2. The summed E-state index contributed by atoms with van der Waals surface area (Å²) in [6.45, 7) is 6.71. The van der Waals surface area contributed by atoms with Crippen molar-refractivity contribution < 1.29 is 14.2 Å². The molecule has 1 fully saturated rings. The highest BCUT2D eigenvalue weighted by atomic mass is 32.1. The molecule has 0 bridgehead atoms. The lowest BCUT2D eigenvalue weighted by molar-refractivity contribution is 0.176. The zero-order valence-electron chi connectivity index (χ0n) is 19.6. The second-order valence-electron chi connectivity index (χ2n) is 8.03. The average Bonchev–Trinajstić information content (AvgIpc) is 2.83. The highest BCUT2D eigenvalue weighted by molar-refractivity contribution is 7.80. The maximum Gasteiger partial charge on any atom is 0.203 e. The molecule has 2 aromatic rings. The van der Waals surface area contributed by atoms with Crippen LogP contribution in [0.2, 0.25) is 0 Å². The van der Waals surface area contributed by atoms with Crippen LogP contribution in [0.1, 0.15) is 30.9 Å². The minimum atomic E-state index is 0.624. The summed E-state index contributed by atoms with van der Waals surface area (Å²) >= 11 is 5.67. The molecular weight excluding hydrogens is 422 g/mol. The third-order valence-electron chi connectivity index (χ3n) is 5.81. The smallest absolute Gasteiger partial charge is 0.203 e. The maximum absolute atomic E-state index is 5.67. The van der Waals surface area contributed by atoms with Gasteiger partial charge in [0.25, 0.3) is 0 Å². The van der Waals surface area contributed by atoms with Crippen molar-refractivity contribution in [3.8, 4) is 17.2 Å². The van der Waals surface area contributed by atoms with Crippen LogP contribution in [0.15, 0.2) is 36.4 Å². The number of methoxy groups -OCH3 is 3. The van der Waals surface area contributed by atoms with E-state index < -0.39 is 0 Å². The standard InChI is InChI=1S/C25H35N3O3S/c1-5-6-7-19-8-10-21(11-9-19)26-25(32)28-14-12-27(13-15-28)18-20-16-22(29-2)24(31-4)23(17-20)30-3/h8-11,16-17H,5-7,12-15,18H2,1-4H3,(H,26,32). The monoisotopic (exact) mass is 457 g/mol. The van der Waals surface area contributed by atoms with Crippen LogP contribution in [0, 0.1) is 0 Å². The van der Waals surface area contributed by atoms with E-state index in [0.717, 1.165) is 55.5 Å². The Morgan fingerprint density at radius 2 is 1.53 bits per heavy atom. The molecule has 0 atom stereocenters. The second-order valence-corrected chi connectivity index (χ2v) is 8.41. The number of ether oxygens (including phenoxy) is 3. The molecule has 1 N–H and O–H groups in total. The molecule has 0 aromatic heterocycles. The largest absolute Gasteiger partial charge is 0.493 e. The number of nitrogens with zero attached hydrogens (tertiary/aromatic N) is 2. The molecule has 0 amide bonds. The predicted molar refractivity (Wildman–Crippen MR) is 134 cm³/mol. The lowest BCUT2D eigenvalue weighted by Gasteiger charge is -2.36. The molecule has 32 heavy (non-hydrogen) atoms. The van der Waals surface area contributed by atoms with Crippen LogP contribution in [0.25, 0.3) is 0 Å². The van der Waals surface area contributed by atoms with Crippen LogP contribution in [-0.2, 0) is 13.0 Å². The van der Waals surface area contributed by atoms with E-state index in [1.165, 1.54) is 18.4 Å². The van der Waals surface area contributed by atoms with Crippen LogP contribution < -0.4 is 19.5 Å². The van der Waals surface area contributed by atoms with E-state index in [0.29, 0.717) is 17.2 Å². The number of hydrogen-bond donors (Lipinski definition) is 1. The van der Waals surface area contributed by atoms with E-state index in [1.807, 2.05) is 12.1 Å². The van der Waals surface area contributed by atoms with E-state index in [4.69, 9.17) is 26.4 Å². The molecule has 6 nitrogen and oxygen atoms in total. The average molecular weight is 458 g/mol. The van der Waals surface area contributed by atoms with Gasteiger partial charge in [0.15, 0.2) is 16.6 Å². The Morgan fingerprint density at radius 3 is 2.06 bits per heavy atom. The summed E-state index contributed by atoms with van der Waals surface area (Å²) in [6, 6.07) is 12.7. The Labute approximate surface area is 197 Å². The zero-order valence-corrected chi connectivity index (χ0v) is 20.5. The van der Waals surface area contributed by atoms with Gasteiger partial charge in [-0.05, 0) is 60.5 Å². The Morgan fingerprint density at radius 1 is 0.906 bits per heavy atom. The van der Waals surface area contributed by atoms with E-state index in [-0.39, 0.29) is 0 Å². The van der Waals surface area contributed by atoms with Crippen LogP contribution in [0.3, 0.4) is 0 Å². The number of hydrogen-bond acceptors (Lipinski definition) is 5. The number of anilines is 1. The second kappa shape index (κ2) is 11.9. The van der Waals surface area contributed by atoms with Gasteiger partial charge in [0.2, 0.25) is 5.75 Å². The van der Waals surface area contributed by atoms with Gasteiger partial charge in [-0.3, -0.25) is 4.90 Å². The van der Waals surface area contributed by atoms with Crippen molar-refractivity contribution in [1.82, 2.24) is 9.80 Å². The van der Waals surface area contributed by atoms with Crippen molar-refractivity contribution in [2.24, 2.45) is 0 Å². The fourth-order valence-corrected chi connectivity index (χ4v) is 4.23. The summed E-state index contributed by atoms with van der Waals surface area (Å²) in [6.07, 6.45) is 3.58. The highest BCUT2D eigenvalue weighted by Gasteiger charge is 2.21. The fourth-order valence-electron chi connectivity index (χ4n) is 3.93. The molecule has 1 aliphatic rings. The minimum absolute atomic E-state index is 0.624. The topological polar surface area (TPSA) is 46.2 Å². The van der Waals surface area contributed by atoms with E-state index in [1.54, 1.807) is 21.3 Å². The van der Waals surface area contributed by atoms with Gasteiger partial charge in [-0.25, -0.2) is 0 Å². The molecule has 0 spiro atoms. The Balaban J connectivity index is 1.52. The van der Waals surface area contributed by atoms with Crippen molar-refractivity contribution in [3.05, 3.63) is 47.5 Å². The number of nitrogens with one attached hydrogen (secondary N) is 1. The van der Waals surface area contributed by atoms with Crippen LogP contribution in [0.4, 0.5) is 5.69 Å². The van der Waals surface area contributed by atoms with Gasteiger partial charge >= 0.3 is 0 Å². The van der Waals surface area contributed by atoms with E-state index in [2.05, 4.69) is 46.3 Å². The zero-order chi connectivity index (χ0) is 22.9. The first kappa shape index (κ1) is 24.1. The van der Waals surface area contributed by atoms with Gasteiger partial charge in [-0.2, -0.15) is 0 Å². The minimum Gasteiger partial charge on any atom is -0.493 e. The summed E-state index contributed by atoms with van der Waals surface area (Å²) in [5.41, 5.74) is 3.57. The van der Waals surface area contributed by atoms with Crippen molar-refractivity contribution in [3.63, 3.8) is 0 Å².